The van der Waals surface area contributed by atoms with Crippen LogP contribution in [0.2, 0.25) is 0 Å². The van der Waals surface area contributed by atoms with Crippen LogP contribution in [0, 0.1) is 0 Å². The van der Waals surface area contributed by atoms with Crippen molar-refractivity contribution in [2.45, 2.75) is 25.4 Å². The van der Waals surface area contributed by atoms with Crippen molar-refractivity contribution >= 4 is 23.4 Å². The summed E-state index contributed by atoms with van der Waals surface area (Å²) in [5, 5.41) is 0. The summed E-state index contributed by atoms with van der Waals surface area (Å²) in [5.41, 5.74) is 14.2. The lowest BCUT2D eigenvalue weighted by Gasteiger charge is -2.08. The molecule has 0 amide bonds. The van der Waals surface area contributed by atoms with Gasteiger partial charge in [0.25, 0.3) is 0 Å². The standard InChI is InChI=1S/C21H23F3N2O3/c22-21(23,24)11-1-12-28-18-7-2-15(3-8-18)4-9-20(27)29-13-10-16-5-6-17(25)14-19(16)26/h2-9,14H,1,10-13,25-26H2/b9-4+. The molecule has 0 radical (unpaired) electrons. The highest BCUT2D eigenvalue weighted by Gasteiger charge is 2.26. The van der Waals surface area contributed by atoms with Gasteiger partial charge in [-0.3, -0.25) is 0 Å². The highest BCUT2D eigenvalue weighted by molar-refractivity contribution is 5.87. The Bertz CT molecular complexity index is 834. The molecule has 0 saturated carbocycles. The van der Waals surface area contributed by atoms with Crippen LogP contribution < -0.4 is 16.2 Å². The molecule has 4 N–H and O–H groups in total. The Labute approximate surface area is 167 Å². The summed E-state index contributed by atoms with van der Waals surface area (Å²) in [7, 11) is 0. The SMILES string of the molecule is Nc1ccc(CCOC(=O)/C=C/c2ccc(OCCCC(F)(F)F)cc2)c(N)c1. The van der Waals surface area contributed by atoms with E-state index in [1.54, 1.807) is 48.5 Å². The van der Waals surface area contributed by atoms with Gasteiger partial charge in [-0.2, -0.15) is 13.2 Å². The van der Waals surface area contributed by atoms with Crippen LogP contribution in [0.25, 0.3) is 6.08 Å². The number of hydrogen-bond acceptors (Lipinski definition) is 5. The molecule has 0 spiro atoms. The van der Waals surface area contributed by atoms with Crippen LogP contribution >= 0.6 is 0 Å². The summed E-state index contributed by atoms with van der Waals surface area (Å²) in [6.45, 7) is 0.168. The van der Waals surface area contributed by atoms with E-state index in [1.165, 1.54) is 6.08 Å². The van der Waals surface area contributed by atoms with Gasteiger partial charge in [-0.1, -0.05) is 18.2 Å². The zero-order chi connectivity index (χ0) is 21.3. The molecule has 29 heavy (non-hydrogen) atoms. The first-order valence-electron chi connectivity index (χ1n) is 9.01. The minimum absolute atomic E-state index is 0.0143. The Hall–Kier alpha value is -3.16. The molecule has 2 aromatic rings. The number of rotatable bonds is 9. The lowest BCUT2D eigenvalue weighted by atomic mass is 10.1. The summed E-state index contributed by atoms with van der Waals surface area (Å²) < 4.78 is 46.6. The van der Waals surface area contributed by atoms with Crippen molar-refractivity contribution in [1.82, 2.24) is 0 Å². The maximum Gasteiger partial charge on any atom is 0.389 e. The minimum atomic E-state index is -4.17. The van der Waals surface area contributed by atoms with Crippen molar-refractivity contribution < 1.29 is 27.4 Å². The second-order valence-electron chi connectivity index (χ2n) is 6.35. The third-order valence-electron chi connectivity index (χ3n) is 3.95. The molecule has 0 aliphatic heterocycles. The highest BCUT2D eigenvalue weighted by atomic mass is 19.4. The Morgan fingerprint density at radius 3 is 2.41 bits per heavy atom. The summed E-state index contributed by atoms with van der Waals surface area (Å²) in [6, 6.07) is 11.8. The second kappa shape index (κ2) is 10.4. The molecule has 8 heteroatoms. The smallest absolute Gasteiger partial charge is 0.389 e. The van der Waals surface area contributed by atoms with Crippen molar-refractivity contribution in [1.29, 1.82) is 0 Å². The molecule has 0 aromatic heterocycles. The van der Waals surface area contributed by atoms with E-state index in [4.69, 9.17) is 20.9 Å². The largest absolute Gasteiger partial charge is 0.494 e. The van der Waals surface area contributed by atoms with Crippen molar-refractivity contribution in [3.63, 3.8) is 0 Å². The summed E-state index contributed by atoms with van der Waals surface area (Å²) >= 11 is 0. The van der Waals surface area contributed by atoms with Crippen LogP contribution in [0.5, 0.6) is 5.75 Å². The van der Waals surface area contributed by atoms with Gasteiger partial charge >= 0.3 is 12.1 Å². The minimum Gasteiger partial charge on any atom is -0.494 e. The number of hydrogen-bond donors (Lipinski definition) is 2. The van der Waals surface area contributed by atoms with E-state index >= 15 is 0 Å². The van der Waals surface area contributed by atoms with Crippen molar-refractivity contribution in [2.24, 2.45) is 0 Å². The van der Waals surface area contributed by atoms with Gasteiger partial charge in [0, 0.05) is 30.3 Å². The lowest BCUT2D eigenvalue weighted by molar-refractivity contribution is -0.138. The molecule has 0 saturated heterocycles. The average Bonchev–Trinajstić information content (AvgIpc) is 2.65. The van der Waals surface area contributed by atoms with Gasteiger partial charge in [0.15, 0.2) is 0 Å². The number of nitrogen functional groups attached to an aromatic ring is 2. The first kappa shape index (κ1) is 22.1. The molecule has 0 aliphatic carbocycles. The summed E-state index contributed by atoms with van der Waals surface area (Å²) in [4.78, 5) is 11.8. The number of carbonyl (C=O) groups is 1. The van der Waals surface area contributed by atoms with E-state index < -0.39 is 18.6 Å². The molecule has 0 aliphatic rings. The predicted molar refractivity (Wildman–Crippen MR) is 106 cm³/mol. The van der Waals surface area contributed by atoms with E-state index in [0.717, 1.165) is 11.1 Å². The number of esters is 1. The fraction of sp³-hybridized carbons (Fsp3) is 0.286. The van der Waals surface area contributed by atoms with Gasteiger partial charge in [0.2, 0.25) is 0 Å². The molecule has 2 rings (SSSR count). The number of anilines is 2. The van der Waals surface area contributed by atoms with Crippen molar-refractivity contribution in [3.8, 4) is 5.75 Å². The third kappa shape index (κ3) is 8.59. The number of alkyl halides is 3. The monoisotopic (exact) mass is 408 g/mol. The molecule has 0 heterocycles. The van der Waals surface area contributed by atoms with Gasteiger partial charge < -0.3 is 20.9 Å². The predicted octanol–water partition coefficient (Wildman–Crippen LogP) is 4.37. The van der Waals surface area contributed by atoms with Crippen LogP contribution in [-0.4, -0.2) is 25.4 Å². The van der Waals surface area contributed by atoms with Gasteiger partial charge in [0.1, 0.15) is 5.75 Å². The summed E-state index contributed by atoms with van der Waals surface area (Å²) in [5.74, 6) is -0.0283. The zero-order valence-electron chi connectivity index (χ0n) is 15.7. The maximum atomic E-state index is 12.1. The van der Waals surface area contributed by atoms with E-state index in [1.807, 2.05) is 0 Å². The zero-order valence-corrected chi connectivity index (χ0v) is 15.7. The number of carbonyl (C=O) groups excluding carboxylic acids is 1. The lowest BCUT2D eigenvalue weighted by Crippen LogP contribution is -2.09. The van der Waals surface area contributed by atoms with Gasteiger partial charge in [-0.15, -0.1) is 0 Å². The second-order valence-corrected chi connectivity index (χ2v) is 6.35. The molecule has 0 fully saturated rings. The average molecular weight is 408 g/mol. The van der Waals surface area contributed by atoms with E-state index in [2.05, 4.69) is 0 Å². The van der Waals surface area contributed by atoms with E-state index in [-0.39, 0.29) is 19.6 Å². The number of benzene rings is 2. The van der Waals surface area contributed by atoms with Gasteiger partial charge in [-0.25, -0.2) is 4.79 Å². The van der Waals surface area contributed by atoms with Crippen molar-refractivity contribution in [3.05, 3.63) is 59.7 Å². The number of nitrogens with two attached hydrogens (primary N) is 2. The molecular formula is C21H23F3N2O3. The summed E-state index contributed by atoms with van der Waals surface area (Å²) in [6.07, 6.45) is -1.79. The van der Waals surface area contributed by atoms with Crippen LogP contribution in [0.3, 0.4) is 0 Å². The van der Waals surface area contributed by atoms with Crippen LogP contribution in [0.4, 0.5) is 24.5 Å². The van der Waals surface area contributed by atoms with E-state index in [0.29, 0.717) is 23.5 Å². The third-order valence-corrected chi connectivity index (χ3v) is 3.95. The molecule has 0 unspecified atom stereocenters. The molecular weight excluding hydrogens is 385 g/mol. The van der Waals surface area contributed by atoms with Crippen LogP contribution in [-0.2, 0) is 16.0 Å². The fourth-order valence-electron chi connectivity index (χ4n) is 2.45. The maximum absolute atomic E-state index is 12.1. The van der Waals surface area contributed by atoms with Crippen LogP contribution in [0.15, 0.2) is 48.5 Å². The van der Waals surface area contributed by atoms with E-state index in [9.17, 15) is 18.0 Å². The molecule has 0 atom stereocenters. The molecule has 156 valence electrons. The quantitative estimate of drug-likeness (QED) is 0.278. The Morgan fingerprint density at radius 1 is 1.03 bits per heavy atom. The first-order chi connectivity index (χ1) is 13.7. The highest BCUT2D eigenvalue weighted by Crippen LogP contribution is 2.22. The Balaban J connectivity index is 1.72. The van der Waals surface area contributed by atoms with Gasteiger partial charge in [-0.05, 0) is 47.9 Å². The topological polar surface area (TPSA) is 87.6 Å². The van der Waals surface area contributed by atoms with Crippen molar-refractivity contribution in [2.75, 3.05) is 24.7 Å². The van der Waals surface area contributed by atoms with Crippen LogP contribution in [0.1, 0.15) is 24.0 Å². The molecule has 5 nitrogen and oxygen atoms in total. The number of ether oxygens (including phenoxy) is 2. The normalized spacial score (nSPS) is 11.6. The number of halogens is 3. The fourth-order valence-corrected chi connectivity index (χ4v) is 2.45. The Kier molecular flexibility index (Phi) is 7.94. The van der Waals surface area contributed by atoms with Gasteiger partial charge in [0.05, 0.1) is 13.2 Å². The first-order valence-corrected chi connectivity index (χ1v) is 9.01. The molecule has 0 bridgehead atoms. The Morgan fingerprint density at radius 2 is 1.76 bits per heavy atom. The molecule has 2 aromatic carbocycles.